The standard InChI is InChI=1S/C14H12BrFO3S/c1-19-14-6-5-10(7-13(14)15)9-20(17,18)12-4-2-3-11(16)8-12/h2-8H,9H2,1H3. The molecule has 0 aliphatic rings. The molecular weight excluding hydrogens is 347 g/mol. The van der Waals surface area contributed by atoms with Gasteiger partial charge in [-0.2, -0.15) is 0 Å². The highest BCUT2D eigenvalue weighted by atomic mass is 79.9. The number of hydrogen-bond donors (Lipinski definition) is 0. The number of rotatable bonds is 4. The van der Waals surface area contributed by atoms with Gasteiger partial charge in [0, 0.05) is 0 Å². The van der Waals surface area contributed by atoms with Gasteiger partial charge in [-0.1, -0.05) is 12.1 Å². The third-order valence-electron chi connectivity index (χ3n) is 2.73. The molecule has 20 heavy (non-hydrogen) atoms. The fourth-order valence-electron chi connectivity index (χ4n) is 1.76. The molecule has 0 aliphatic heterocycles. The maximum Gasteiger partial charge on any atom is 0.182 e. The van der Waals surface area contributed by atoms with Crippen molar-refractivity contribution in [3.63, 3.8) is 0 Å². The van der Waals surface area contributed by atoms with Crippen molar-refractivity contribution in [2.45, 2.75) is 10.6 Å². The van der Waals surface area contributed by atoms with Gasteiger partial charge in [0.2, 0.25) is 0 Å². The van der Waals surface area contributed by atoms with E-state index >= 15 is 0 Å². The van der Waals surface area contributed by atoms with E-state index in [1.807, 2.05) is 0 Å². The molecule has 0 N–H and O–H groups in total. The van der Waals surface area contributed by atoms with Crippen LogP contribution in [-0.4, -0.2) is 15.5 Å². The molecule has 0 saturated heterocycles. The number of benzene rings is 2. The first-order valence-electron chi connectivity index (χ1n) is 5.73. The van der Waals surface area contributed by atoms with E-state index in [-0.39, 0.29) is 10.6 Å². The summed E-state index contributed by atoms with van der Waals surface area (Å²) in [5, 5.41) is 0. The molecule has 0 amide bonds. The van der Waals surface area contributed by atoms with E-state index in [4.69, 9.17) is 4.74 Å². The van der Waals surface area contributed by atoms with E-state index < -0.39 is 15.7 Å². The minimum absolute atomic E-state index is 0.0237. The largest absolute Gasteiger partial charge is 0.496 e. The SMILES string of the molecule is COc1ccc(CS(=O)(=O)c2cccc(F)c2)cc1Br. The molecule has 6 heteroatoms. The van der Waals surface area contributed by atoms with E-state index in [0.29, 0.717) is 15.8 Å². The number of halogens is 2. The van der Waals surface area contributed by atoms with Crippen LogP contribution in [0.2, 0.25) is 0 Å². The van der Waals surface area contributed by atoms with Gasteiger partial charge >= 0.3 is 0 Å². The van der Waals surface area contributed by atoms with Crippen LogP contribution in [-0.2, 0) is 15.6 Å². The van der Waals surface area contributed by atoms with Crippen molar-refractivity contribution < 1.29 is 17.5 Å². The van der Waals surface area contributed by atoms with Crippen LogP contribution in [0.5, 0.6) is 5.75 Å². The van der Waals surface area contributed by atoms with Gasteiger partial charge < -0.3 is 4.74 Å². The first-order chi connectivity index (χ1) is 9.42. The van der Waals surface area contributed by atoms with E-state index in [2.05, 4.69) is 15.9 Å². The molecule has 0 radical (unpaired) electrons. The van der Waals surface area contributed by atoms with Gasteiger partial charge in [-0.05, 0) is 51.8 Å². The molecule has 2 aromatic carbocycles. The summed E-state index contributed by atoms with van der Waals surface area (Å²) in [6.45, 7) is 0. The van der Waals surface area contributed by atoms with Gasteiger partial charge in [-0.25, -0.2) is 12.8 Å². The molecule has 2 aromatic rings. The summed E-state index contributed by atoms with van der Waals surface area (Å²) >= 11 is 3.30. The average molecular weight is 359 g/mol. The maximum absolute atomic E-state index is 13.1. The molecular formula is C14H12BrFO3S. The Bertz CT molecular complexity index is 729. The quantitative estimate of drug-likeness (QED) is 0.838. The highest BCUT2D eigenvalue weighted by Crippen LogP contribution is 2.27. The predicted molar refractivity (Wildman–Crippen MR) is 78.0 cm³/mol. The molecule has 106 valence electrons. The van der Waals surface area contributed by atoms with Crippen molar-refractivity contribution in [1.29, 1.82) is 0 Å². The monoisotopic (exact) mass is 358 g/mol. The summed E-state index contributed by atoms with van der Waals surface area (Å²) in [4.78, 5) is -0.0237. The van der Waals surface area contributed by atoms with E-state index in [1.54, 1.807) is 18.2 Å². The number of hydrogen-bond acceptors (Lipinski definition) is 3. The van der Waals surface area contributed by atoms with Crippen LogP contribution in [0, 0.1) is 5.82 Å². The highest BCUT2D eigenvalue weighted by Gasteiger charge is 2.16. The Labute approximate surface area is 125 Å². The normalized spacial score (nSPS) is 11.3. The fraction of sp³-hybridized carbons (Fsp3) is 0.143. The van der Waals surface area contributed by atoms with Crippen LogP contribution in [0.3, 0.4) is 0 Å². The summed E-state index contributed by atoms with van der Waals surface area (Å²) in [5.41, 5.74) is 0.599. The topological polar surface area (TPSA) is 43.4 Å². The van der Waals surface area contributed by atoms with Gasteiger partial charge in [0.25, 0.3) is 0 Å². The zero-order valence-electron chi connectivity index (χ0n) is 10.6. The molecule has 0 fully saturated rings. The van der Waals surface area contributed by atoms with Crippen molar-refractivity contribution in [2.75, 3.05) is 7.11 Å². The molecule has 0 unspecified atom stereocenters. The molecule has 0 aliphatic carbocycles. The van der Waals surface area contributed by atoms with Gasteiger partial charge in [-0.3, -0.25) is 0 Å². The Morgan fingerprint density at radius 2 is 1.95 bits per heavy atom. The lowest BCUT2D eigenvalue weighted by atomic mass is 10.2. The smallest absolute Gasteiger partial charge is 0.182 e. The van der Waals surface area contributed by atoms with Gasteiger partial charge in [0.15, 0.2) is 9.84 Å². The summed E-state index contributed by atoms with van der Waals surface area (Å²) in [5.74, 6) is -0.141. The lowest BCUT2D eigenvalue weighted by Gasteiger charge is -2.08. The second-order valence-electron chi connectivity index (χ2n) is 4.19. The van der Waals surface area contributed by atoms with Crippen LogP contribution < -0.4 is 4.74 Å². The Balaban J connectivity index is 2.31. The number of sulfone groups is 1. The Morgan fingerprint density at radius 1 is 1.20 bits per heavy atom. The third-order valence-corrected chi connectivity index (χ3v) is 5.03. The molecule has 0 spiro atoms. The molecule has 3 nitrogen and oxygen atoms in total. The number of ether oxygens (including phenoxy) is 1. The zero-order valence-corrected chi connectivity index (χ0v) is 13.0. The molecule has 0 heterocycles. The summed E-state index contributed by atoms with van der Waals surface area (Å²) in [7, 11) is -2.04. The minimum atomic E-state index is -3.57. The van der Waals surface area contributed by atoms with Gasteiger partial charge in [0.1, 0.15) is 11.6 Å². The van der Waals surface area contributed by atoms with Gasteiger partial charge in [0.05, 0.1) is 22.2 Å². The maximum atomic E-state index is 13.1. The average Bonchev–Trinajstić information content (AvgIpc) is 2.38. The first kappa shape index (κ1) is 15.0. The Hall–Kier alpha value is -1.40. The van der Waals surface area contributed by atoms with Crippen molar-refractivity contribution in [3.8, 4) is 5.75 Å². The van der Waals surface area contributed by atoms with Crippen molar-refractivity contribution in [1.82, 2.24) is 0 Å². The summed E-state index contributed by atoms with van der Waals surface area (Å²) < 4.78 is 43.3. The zero-order chi connectivity index (χ0) is 14.8. The van der Waals surface area contributed by atoms with E-state index in [1.165, 1.54) is 25.3 Å². The molecule has 0 aromatic heterocycles. The lowest BCUT2D eigenvalue weighted by Crippen LogP contribution is -2.05. The minimum Gasteiger partial charge on any atom is -0.496 e. The Morgan fingerprint density at radius 3 is 2.55 bits per heavy atom. The molecule has 0 saturated carbocycles. The highest BCUT2D eigenvalue weighted by molar-refractivity contribution is 9.10. The molecule has 0 atom stereocenters. The fourth-order valence-corrected chi connectivity index (χ4v) is 3.71. The van der Waals surface area contributed by atoms with E-state index in [9.17, 15) is 12.8 Å². The van der Waals surface area contributed by atoms with Crippen LogP contribution >= 0.6 is 15.9 Å². The van der Waals surface area contributed by atoms with Crippen LogP contribution in [0.15, 0.2) is 51.8 Å². The Kier molecular flexibility index (Phi) is 4.45. The molecule has 0 bridgehead atoms. The predicted octanol–water partition coefficient (Wildman–Crippen LogP) is 3.57. The van der Waals surface area contributed by atoms with Crippen molar-refractivity contribution in [3.05, 3.63) is 58.3 Å². The van der Waals surface area contributed by atoms with Crippen LogP contribution in [0.25, 0.3) is 0 Å². The van der Waals surface area contributed by atoms with Crippen LogP contribution in [0.1, 0.15) is 5.56 Å². The second-order valence-corrected chi connectivity index (χ2v) is 7.03. The summed E-state index contributed by atoms with van der Waals surface area (Å²) in [6, 6.07) is 10.0. The first-order valence-corrected chi connectivity index (χ1v) is 8.17. The van der Waals surface area contributed by atoms with Crippen molar-refractivity contribution >= 4 is 25.8 Å². The summed E-state index contributed by atoms with van der Waals surface area (Å²) in [6.07, 6.45) is 0. The van der Waals surface area contributed by atoms with Gasteiger partial charge in [-0.15, -0.1) is 0 Å². The third kappa shape index (κ3) is 3.37. The molecule has 2 rings (SSSR count). The second kappa shape index (κ2) is 5.93. The van der Waals surface area contributed by atoms with Crippen LogP contribution in [0.4, 0.5) is 4.39 Å². The lowest BCUT2D eigenvalue weighted by molar-refractivity contribution is 0.412. The number of methoxy groups -OCH3 is 1. The van der Waals surface area contributed by atoms with Crippen molar-refractivity contribution in [2.24, 2.45) is 0 Å². The van der Waals surface area contributed by atoms with E-state index in [0.717, 1.165) is 6.07 Å².